The minimum absolute atomic E-state index is 0.133. The zero-order chi connectivity index (χ0) is 10.4. The summed E-state index contributed by atoms with van der Waals surface area (Å²) in [7, 11) is 0. The van der Waals surface area contributed by atoms with Crippen LogP contribution in [0.15, 0.2) is 35.3 Å². The van der Waals surface area contributed by atoms with E-state index in [1.807, 2.05) is 35.8 Å². The zero-order valence-corrected chi connectivity index (χ0v) is 7.42. The van der Waals surface area contributed by atoms with Crippen molar-refractivity contribution in [3.05, 3.63) is 40.8 Å². The molecule has 6 heteroatoms. The summed E-state index contributed by atoms with van der Waals surface area (Å²) in [5, 5.41) is 7.73. The van der Waals surface area contributed by atoms with Crippen LogP contribution in [0.3, 0.4) is 0 Å². The molecule has 1 aromatic carbocycles. The maximum Gasteiger partial charge on any atom is 0.362 e. The SMILES string of the molecule is NC(=NCc1ccccc1)N[N+](=O)O. The molecule has 0 aromatic heterocycles. The Balaban J connectivity index is 2.51. The molecule has 0 bridgehead atoms. The first-order chi connectivity index (χ1) is 6.68. The van der Waals surface area contributed by atoms with Gasteiger partial charge in [0.05, 0.1) is 6.54 Å². The third kappa shape index (κ3) is 3.53. The van der Waals surface area contributed by atoms with E-state index in [0.29, 0.717) is 6.54 Å². The van der Waals surface area contributed by atoms with Gasteiger partial charge in [0.1, 0.15) is 4.91 Å². The lowest BCUT2D eigenvalue weighted by molar-refractivity contribution is -0.822. The van der Waals surface area contributed by atoms with Crippen LogP contribution in [0.4, 0.5) is 0 Å². The highest BCUT2D eigenvalue weighted by Gasteiger charge is 2.03. The van der Waals surface area contributed by atoms with Crippen LogP contribution < -0.4 is 11.2 Å². The van der Waals surface area contributed by atoms with E-state index in [-0.39, 0.29) is 5.96 Å². The van der Waals surface area contributed by atoms with E-state index in [1.165, 1.54) is 0 Å². The molecule has 74 valence electrons. The Kier molecular flexibility index (Phi) is 3.42. The van der Waals surface area contributed by atoms with Gasteiger partial charge in [-0.25, -0.2) is 10.2 Å². The minimum Gasteiger partial charge on any atom is -0.365 e. The molecule has 0 amide bonds. The van der Waals surface area contributed by atoms with Gasteiger partial charge in [0, 0.05) is 0 Å². The van der Waals surface area contributed by atoms with Crippen LogP contribution in [0.5, 0.6) is 0 Å². The molecule has 14 heavy (non-hydrogen) atoms. The molecule has 1 aromatic rings. The number of hydrazine groups is 1. The zero-order valence-electron chi connectivity index (χ0n) is 7.42. The first-order valence-corrected chi connectivity index (χ1v) is 3.95. The topological polar surface area (TPSA) is 90.7 Å². The average molecular weight is 195 g/mol. The number of aliphatic imine (C=N–C) groups is 1. The Labute approximate surface area is 80.6 Å². The second-order valence-electron chi connectivity index (χ2n) is 2.57. The maximum absolute atomic E-state index is 10.1. The van der Waals surface area contributed by atoms with Crippen LogP contribution in [0.2, 0.25) is 0 Å². The van der Waals surface area contributed by atoms with Crippen molar-refractivity contribution < 1.29 is 10.2 Å². The number of guanidine groups is 1. The van der Waals surface area contributed by atoms with E-state index in [4.69, 9.17) is 10.9 Å². The first kappa shape index (κ1) is 9.97. The van der Waals surface area contributed by atoms with Crippen molar-refractivity contribution in [2.75, 3.05) is 0 Å². The molecule has 0 fully saturated rings. The lowest BCUT2D eigenvalue weighted by Crippen LogP contribution is -2.37. The fourth-order valence-electron chi connectivity index (χ4n) is 0.893. The summed E-state index contributed by atoms with van der Waals surface area (Å²) in [6, 6.07) is 9.40. The highest BCUT2D eigenvalue weighted by molar-refractivity contribution is 5.76. The molecule has 0 aliphatic rings. The lowest BCUT2D eigenvalue weighted by Gasteiger charge is -1.95. The summed E-state index contributed by atoms with van der Waals surface area (Å²) in [6.45, 7) is 0.355. The van der Waals surface area contributed by atoms with Crippen LogP contribution in [0, 0.1) is 4.91 Å². The molecule has 4 N–H and O–H groups in total. The molecule has 1 rings (SSSR count). The highest BCUT2D eigenvalue weighted by Crippen LogP contribution is 1.99. The van der Waals surface area contributed by atoms with E-state index >= 15 is 0 Å². The quantitative estimate of drug-likeness (QED) is 0.364. The Morgan fingerprint density at radius 1 is 1.50 bits per heavy atom. The van der Waals surface area contributed by atoms with E-state index in [0.717, 1.165) is 5.56 Å². The van der Waals surface area contributed by atoms with Crippen LogP contribution in [0.25, 0.3) is 0 Å². The fourth-order valence-corrected chi connectivity index (χ4v) is 0.893. The van der Waals surface area contributed by atoms with Gasteiger partial charge in [-0.15, -0.1) is 0 Å². The molecule has 0 atom stereocenters. The summed E-state index contributed by atoms with van der Waals surface area (Å²) in [4.78, 5) is 13.9. The number of nitrogens with two attached hydrogens (primary N) is 1. The van der Waals surface area contributed by atoms with E-state index in [2.05, 4.69) is 4.99 Å². The lowest BCUT2D eigenvalue weighted by atomic mass is 10.2. The molecule has 0 radical (unpaired) electrons. The number of rotatable bonds is 3. The first-order valence-electron chi connectivity index (χ1n) is 3.95. The molecule has 0 aliphatic carbocycles. The second kappa shape index (κ2) is 4.80. The molecule has 0 saturated heterocycles. The molecule has 0 spiro atoms. The van der Waals surface area contributed by atoms with Crippen LogP contribution >= 0.6 is 0 Å². The van der Waals surface area contributed by atoms with Gasteiger partial charge < -0.3 is 5.73 Å². The van der Waals surface area contributed by atoms with E-state index in [9.17, 15) is 4.91 Å². The normalized spacial score (nSPS) is 11.0. The van der Waals surface area contributed by atoms with Gasteiger partial charge in [-0.1, -0.05) is 30.3 Å². The molecule has 0 saturated carbocycles. The summed E-state index contributed by atoms with van der Waals surface area (Å²) < 4.78 is 0. The fraction of sp³-hybridized carbons (Fsp3) is 0.125. The number of hydrogen-bond donors (Lipinski definition) is 3. The average Bonchev–Trinajstić information content (AvgIpc) is 2.15. The van der Waals surface area contributed by atoms with Crippen LogP contribution in [0.1, 0.15) is 5.56 Å². The smallest absolute Gasteiger partial charge is 0.362 e. The van der Waals surface area contributed by atoms with Crippen molar-refractivity contribution in [2.24, 2.45) is 10.7 Å². The number of hydrogen-bond acceptors (Lipinski definition) is 2. The Hall–Kier alpha value is -2.11. The van der Waals surface area contributed by atoms with Crippen molar-refractivity contribution in [3.63, 3.8) is 0 Å². The molecular weight excluding hydrogens is 184 g/mol. The Morgan fingerprint density at radius 2 is 2.14 bits per heavy atom. The Bertz CT molecular complexity index is 336. The molecule has 6 nitrogen and oxygen atoms in total. The number of nitrogens with zero attached hydrogens (tertiary/aromatic N) is 2. The van der Waals surface area contributed by atoms with Crippen molar-refractivity contribution >= 4 is 5.96 Å². The minimum atomic E-state index is -0.496. The summed E-state index contributed by atoms with van der Waals surface area (Å²) in [5.41, 5.74) is 8.10. The predicted octanol–water partition coefficient (Wildman–Crippen LogP) is 0.174. The maximum atomic E-state index is 10.1. The van der Waals surface area contributed by atoms with Gasteiger partial charge >= 0.3 is 5.03 Å². The standard InChI is InChI=1S/C8H11N4O2/c9-8(11-12(13)14)10-6-7-4-2-1-3-5-7/h1-5H,6H2,(H,13,14)(H3,9,10,11)/q+1. The van der Waals surface area contributed by atoms with Crippen molar-refractivity contribution in [3.8, 4) is 0 Å². The van der Waals surface area contributed by atoms with Gasteiger partial charge in [-0.05, 0) is 11.0 Å². The largest absolute Gasteiger partial charge is 0.365 e. The monoisotopic (exact) mass is 195 g/mol. The van der Waals surface area contributed by atoms with Crippen molar-refractivity contribution in [1.82, 2.24) is 5.43 Å². The third-order valence-corrected chi connectivity index (χ3v) is 1.48. The van der Waals surface area contributed by atoms with Crippen LogP contribution in [-0.2, 0) is 6.54 Å². The van der Waals surface area contributed by atoms with Gasteiger partial charge in [0.15, 0.2) is 0 Å². The molecular formula is C8H11N4O2+. The molecule has 0 unspecified atom stereocenters. The number of benzene rings is 1. The van der Waals surface area contributed by atoms with E-state index in [1.54, 1.807) is 0 Å². The molecule has 0 heterocycles. The van der Waals surface area contributed by atoms with Gasteiger partial charge in [0.25, 0.3) is 5.96 Å². The van der Waals surface area contributed by atoms with Gasteiger partial charge in [0.2, 0.25) is 0 Å². The summed E-state index contributed by atoms with van der Waals surface area (Å²) in [5.74, 6) is -0.133. The van der Waals surface area contributed by atoms with Gasteiger partial charge in [-0.2, -0.15) is 0 Å². The second-order valence-corrected chi connectivity index (χ2v) is 2.57. The van der Waals surface area contributed by atoms with E-state index < -0.39 is 5.03 Å². The van der Waals surface area contributed by atoms with Crippen LogP contribution in [-0.4, -0.2) is 16.2 Å². The Morgan fingerprint density at radius 3 is 2.71 bits per heavy atom. The number of nitrogens with one attached hydrogen (secondary N) is 1. The summed E-state index contributed by atoms with van der Waals surface area (Å²) in [6.07, 6.45) is 0. The van der Waals surface area contributed by atoms with Gasteiger partial charge in [-0.3, -0.25) is 0 Å². The van der Waals surface area contributed by atoms with Crippen molar-refractivity contribution in [1.29, 1.82) is 0 Å². The molecule has 0 aliphatic heterocycles. The van der Waals surface area contributed by atoms with Crippen molar-refractivity contribution in [2.45, 2.75) is 6.54 Å². The summed E-state index contributed by atoms with van der Waals surface area (Å²) >= 11 is 0. The third-order valence-electron chi connectivity index (χ3n) is 1.48. The predicted molar refractivity (Wildman–Crippen MR) is 50.3 cm³/mol. The highest BCUT2D eigenvalue weighted by atomic mass is 16.7.